The van der Waals surface area contributed by atoms with Gasteiger partial charge in [-0.05, 0) is 31.1 Å². The second kappa shape index (κ2) is 3.82. The Morgan fingerprint density at radius 1 is 1.21 bits per heavy atom. The van der Waals surface area contributed by atoms with Crippen molar-refractivity contribution in [2.75, 3.05) is 26.2 Å². The maximum absolute atomic E-state index is 9.17. The molecule has 0 bridgehead atoms. The Morgan fingerprint density at radius 2 is 1.79 bits per heavy atom. The van der Waals surface area contributed by atoms with E-state index in [-0.39, 0.29) is 0 Å². The van der Waals surface area contributed by atoms with Crippen LogP contribution in [0.3, 0.4) is 0 Å². The van der Waals surface area contributed by atoms with Gasteiger partial charge >= 0.3 is 0 Å². The monoisotopic (exact) mass is 197 g/mol. The van der Waals surface area contributed by atoms with E-state index in [0.717, 1.165) is 11.8 Å². The van der Waals surface area contributed by atoms with Gasteiger partial charge in [0.15, 0.2) is 0 Å². The molecule has 1 saturated heterocycles. The molecule has 2 aliphatic carbocycles. The fraction of sp³-hybridized carbons (Fsp3) is 1.00. The van der Waals surface area contributed by atoms with E-state index in [0.29, 0.717) is 12.0 Å². The molecule has 2 nitrogen and oxygen atoms in total. The van der Waals surface area contributed by atoms with Gasteiger partial charge in [0.25, 0.3) is 0 Å². The standard InChI is InChI=1S/C10H17NO.C2H6/c12-7-10(1-2-10)6-11-4-8-3-9(8)5-11;1-2/h8-9,12H,1-7H2;1-2H3. The summed E-state index contributed by atoms with van der Waals surface area (Å²) < 4.78 is 0. The first-order valence-corrected chi connectivity index (χ1v) is 6.15. The van der Waals surface area contributed by atoms with Crippen LogP contribution in [0.5, 0.6) is 0 Å². The minimum atomic E-state index is 0.344. The molecule has 1 aliphatic heterocycles. The van der Waals surface area contributed by atoms with E-state index in [2.05, 4.69) is 4.90 Å². The van der Waals surface area contributed by atoms with E-state index in [1.54, 1.807) is 0 Å². The largest absolute Gasteiger partial charge is 0.396 e. The van der Waals surface area contributed by atoms with E-state index in [9.17, 15) is 0 Å². The maximum Gasteiger partial charge on any atom is 0.0499 e. The second-order valence-electron chi connectivity index (χ2n) is 5.11. The van der Waals surface area contributed by atoms with E-state index in [1.165, 1.54) is 38.9 Å². The van der Waals surface area contributed by atoms with Crippen LogP contribution in [0.1, 0.15) is 33.1 Å². The summed E-state index contributed by atoms with van der Waals surface area (Å²) in [7, 11) is 0. The summed E-state index contributed by atoms with van der Waals surface area (Å²) >= 11 is 0. The van der Waals surface area contributed by atoms with E-state index < -0.39 is 0 Å². The van der Waals surface area contributed by atoms with Gasteiger partial charge in [0.1, 0.15) is 0 Å². The molecular formula is C12H23NO. The molecule has 0 aromatic rings. The molecule has 0 aromatic carbocycles. The van der Waals surface area contributed by atoms with Gasteiger partial charge in [-0.2, -0.15) is 0 Å². The Labute approximate surface area is 87.3 Å². The van der Waals surface area contributed by atoms with Crippen molar-refractivity contribution in [1.82, 2.24) is 4.90 Å². The van der Waals surface area contributed by atoms with E-state index >= 15 is 0 Å². The Bertz CT molecular complexity index is 190. The van der Waals surface area contributed by atoms with Crippen LogP contribution >= 0.6 is 0 Å². The molecule has 82 valence electrons. The van der Waals surface area contributed by atoms with Crippen LogP contribution in [0.2, 0.25) is 0 Å². The zero-order valence-electron chi connectivity index (χ0n) is 9.50. The lowest BCUT2D eigenvalue weighted by atomic mass is 10.1. The molecular weight excluding hydrogens is 174 g/mol. The lowest BCUT2D eigenvalue weighted by Crippen LogP contribution is -2.31. The van der Waals surface area contributed by atoms with Crippen LogP contribution in [0, 0.1) is 17.3 Å². The van der Waals surface area contributed by atoms with Gasteiger partial charge in [-0.3, -0.25) is 0 Å². The SMILES string of the molecule is CC.OCC1(CN2CC3CC3C2)CC1. The molecule has 3 aliphatic rings. The first-order valence-electron chi connectivity index (χ1n) is 6.15. The van der Waals surface area contributed by atoms with Gasteiger partial charge in [-0.15, -0.1) is 0 Å². The predicted molar refractivity (Wildman–Crippen MR) is 58.1 cm³/mol. The highest BCUT2D eigenvalue weighted by Gasteiger charge is 2.49. The molecule has 2 saturated carbocycles. The van der Waals surface area contributed by atoms with Gasteiger partial charge in [0.2, 0.25) is 0 Å². The van der Waals surface area contributed by atoms with Gasteiger partial charge < -0.3 is 10.0 Å². The summed E-state index contributed by atoms with van der Waals surface area (Å²) in [5.41, 5.74) is 0.344. The quantitative estimate of drug-likeness (QED) is 0.745. The number of fused-ring (bicyclic) bond motifs is 1. The van der Waals surface area contributed by atoms with Crippen LogP contribution in [0.4, 0.5) is 0 Å². The van der Waals surface area contributed by atoms with Crippen molar-refractivity contribution in [3.05, 3.63) is 0 Å². The minimum Gasteiger partial charge on any atom is -0.396 e. The van der Waals surface area contributed by atoms with Crippen LogP contribution in [-0.2, 0) is 0 Å². The molecule has 3 fully saturated rings. The molecule has 1 heterocycles. The molecule has 2 unspecified atom stereocenters. The molecule has 1 N–H and O–H groups in total. The molecule has 0 spiro atoms. The third-order valence-corrected chi connectivity index (χ3v) is 3.91. The van der Waals surface area contributed by atoms with Crippen molar-refractivity contribution in [2.24, 2.45) is 17.3 Å². The van der Waals surface area contributed by atoms with Crippen molar-refractivity contribution < 1.29 is 5.11 Å². The lowest BCUT2D eigenvalue weighted by molar-refractivity contribution is 0.156. The Kier molecular flexibility index (Phi) is 2.85. The summed E-state index contributed by atoms with van der Waals surface area (Å²) in [5, 5.41) is 9.17. The third-order valence-electron chi connectivity index (χ3n) is 3.91. The van der Waals surface area contributed by atoms with Crippen molar-refractivity contribution in [1.29, 1.82) is 0 Å². The molecule has 2 heteroatoms. The zero-order chi connectivity index (χ0) is 10.2. The highest BCUT2D eigenvalue weighted by atomic mass is 16.3. The smallest absolute Gasteiger partial charge is 0.0499 e. The molecule has 0 amide bonds. The number of hydrogen-bond acceptors (Lipinski definition) is 2. The van der Waals surface area contributed by atoms with Crippen molar-refractivity contribution in [3.63, 3.8) is 0 Å². The number of aliphatic hydroxyl groups is 1. The highest BCUT2D eigenvalue weighted by molar-refractivity contribution is 5.01. The lowest BCUT2D eigenvalue weighted by Gasteiger charge is -2.22. The molecule has 0 radical (unpaired) electrons. The zero-order valence-corrected chi connectivity index (χ0v) is 9.50. The topological polar surface area (TPSA) is 23.5 Å². The average molecular weight is 197 g/mol. The number of aliphatic hydroxyl groups excluding tert-OH is 1. The Hall–Kier alpha value is -0.0800. The van der Waals surface area contributed by atoms with Crippen LogP contribution < -0.4 is 0 Å². The van der Waals surface area contributed by atoms with E-state index in [1.807, 2.05) is 13.8 Å². The van der Waals surface area contributed by atoms with Crippen LogP contribution in [-0.4, -0.2) is 36.2 Å². The average Bonchev–Trinajstić information content (AvgIpc) is 3.12. The number of nitrogens with zero attached hydrogens (tertiary/aromatic N) is 1. The van der Waals surface area contributed by atoms with E-state index in [4.69, 9.17) is 5.11 Å². The first kappa shape index (κ1) is 10.4. The number of hydrogen-bond donors (Lipinski definition) is 1. The minimum absolute atomic E-state index is 0.344. The van der Waals surface area contributed by atoms with Gasteiger partial charge in [-0.25, -0.2) is 0 Å². The first-order chi connectivity index (χ1) is 6.81. The van der Waals surface area contributed by atoms with Gasteiger partial charge in [0, 0.05) is 31.7 Å². The number of piperidine rings is 1. The Balaban J connectivity index is 0.000000354. The molecule has 2 atom stereocenters. The summed E-state index contributed by atoms with van der Waals surface area (Å²) in [6.07, 6.45) is 4.01. The normalized spacial score (nSPS) is 37.1. The Morgan fingerprint density at radius 3 is 2.21 bits per heavy atom. The van der Waals surface area contributed by atoms with Crippen molar-refractivity contribution in [2.45, 2.75) is 33.1 Å². The summed E-state index contributed by atoms with van der Waals surface area (Å²) in [5.74, 6) is 2.08. The fourth-order valence-corrected chi connectivity index (χ4v) is 2.64. The summed E-state index contributed by atoms with van der Waals surface area (Å²) in [6.45, 7) is 8.24. The molecule has 0 aromatic heterocycles. The third kappa shape index (κ3) is 1.96. The summed E-state index contributed by atoms with van der Waals surface area (Å²) in [6, 6.07) is 0. The molecule has 3 rings (SSSR count). The van der Waals surface area contributed by atoms with Crippen LogP contribution in [0.25, 0.3) is 0 Å². The summed E-state index contributed by atoms with van der Waals surface area (Å²) in [4.78, 5) is 2.57. The van der Waals surface area contributed by atoms with Crippen LogP contribution in [0.15, 0.2) is 0 Å². The number of rotatable bonds is 3. The van der Waals surface area contributed by atoms with Gasteiger partial charge in [-0.1, -0.05) is 13.8 Å². The fourth-order valence-electron chi connectivity index (χ4n) is 2.64. The van der Waals surface area contributed by atoms with Gasteiger partial charge in [0.05, 0.1) is 0 Å². The highest BCUT2D eigenvalue weighted by Crippen LogP contribution is 2.50. The number of likely N-dealkylation sites (tertiary alicyclic amines) is 1. The van der Waals surface area contributed by atoms with Crippen molar-refractivity contribution in [3.8, 4) is 0 Å². The molecule has 14 heavy (non-hydrogen) atoms. The maximum atomic E-state index is 9.17. The second-order valence-corrected chi connectivity index (χ2v) is 5.11. The predicted octanol–water partition coefficient (Wildman–Crippen LogP) is 1.74. The van der Waals surface area contributed by atoms with Crippen molar-refractivity contribution >= 4 is 0 Å².